The molecule has 0 aliphatic heterocycles. The zero-order valence-corrected chi connectivity index (χ0v) is 16.6. The molecule has 2 aromatic heterocycles. The molecule has 0 saturated heterocycles. The van der Waals surface area contributed by atoms with Gasteiger partial charge < -0.3 is 4.74 Å². The van der Waals surface area contributed by atoms with E-state index in [4.69, 9.17) is 4.74 Å². The Hall–Kier alpha value is -3.66. The maximum absolute atomic E-state index is 13.7. The van der Waals surface area contributed by atoms with Gasteiger partial charge in [0.2, 0.25) is 0 Å². The van der Waals surface area contributed by atoms with Crippen LogP contribution >= 0.6 is 0 Å². The molecule has 5 rings (SSSR count). The minimum absolute atomic E-state index is 0.0587. The highest BCUT2D eigenvalue weighted by molar-refractivity contribution is 6.07. The second-order valence-corrected chi connectivity index (χ2v) is 7.36. The first-order chi connectivity index (χ1) is 14.1. The second-order valence-electron chi connectivity index (χ2n) is 7.36. The lowest BCUT2D eigenvalue weighted by atomic mass is 10.00. The molecule has 0 radical (unpaired) electrons. The highest BCUT2D eigenvalue weighted by atomic mass is 16.5. The van der Waals surface area contributed by atoms with Gasteiger partial charge in [0.15, 0.2) is 0 Å². The molecule has 0 aliphatic carbocycles. The van der Waals surface area contributed by atoms with Crippen molar-refractivity contribution in [1.29, 1.82) is 0 Å². The number of hydrogen-bond acceptors (Lipinski definition) is 3. The minimum Gasteiger partial charge on any atom is -0.497 e. The van der Waals surface area contributed by atoms with E-state index in [0.717, 1.165) is 44.2 Å². The molecule has 0 spiro atoms. The Morgan fingerprint density at radius 3 is 2.48 bits per heavy atom. The Labute approximate surface area is 168 Å². The molecule has 0 saturated carbocycles. The third-order valence-electron chi connectivity index (χ3n) is 5.66. The van der Waals surface area contributed by atoms with Crippen LogP contribution in [0.4, 0.5) is 0 Å². The normalized spacial score (nSPS) is 11.4. The van der Waals surface area contributed by atoms with E-state index in [1.54, 1.807) is 17.9 Å². The molecule has 3 aromatic carbocycles. The summed E-state index contributed by atoms with van der Waals surface area (Å²) < 4.78 is 7.22. The summed E-state index contributed by atoms with van der Waals surface area (Å²) in [5, 5.41) is 3.59. The zero-order chi connectivity index (χ0) is 20.1. The third-order valence-corrected chi connectivity index (χ3v) is 5.66. The Kier molecular flexibility index (Phi) is 3.88. The predicted octanol–water partition coefficient (Wildman–Crippen LogP) is 5.32. The number of ether oxygens (including phenoxy) is 1. The largest absolute Gasteiger partial charge is 0.497 e. The number of aromatic nitrogens is 2. The fourth-order valence-electron chi connectivity index (χ4n) is 4.00. The fourth-order valence-corrected chi connectivity index (χ4v) is 4.00. The van der Waals surface area contributed by atoms with Crippen molar-refractivity contribution in [2.75, 3.05) is 7.11 Å². The summed E-state index contributed by atoms with van der Waals surface area (Å²) in [5.74, 6) is 0.737. The van der Waals surface area contributed by atoms with E-state index < -0.39 is 0 Å². The van der Waals surface area contributed by atoms with Crippen molar-refractivity contribution in [2.45, 2.75) is 13.8 Å². The van der Waals surface area contributed by atoms with Gasteiger partial charge in [-0.05, 0) is 67.4 Å². The molecule has 0 fully saturated rings. The van der Waals surface area contributed by atoms with Gasteiger partial charge in [-0.2, -0.15) is 0 Å². The van der Waals surface area contributed by atoms with Crippen LogP contribution in [0.3, 0.4) is 0 Å². The number of nitrogens with zero attached hydrogens (tertiary/aromatic N) is 2. The lowest BCUT2D eigenvalue weighted by Gasteiger charge is -2.16. The van der Waals surface area contributed by atoms with E-state index in [2.05, 4.69) is 31.0 Å². The molecule has 0 N–H and O–H groups in total. The van der Waals surface area contributed by atoms with Crippen LogP contribution < -0.4 is 10.3 Å². The molecule has 0 aliphatic rings. The molecular weight excluding hydrogens is 360 g/mol. The smallest absolute Gasteiger partial charge is 0.263 e. The highest BCUT2D eigenvalue weighted by Crippen LogP contribution is 2.31. The van der Waals surface area contributed by atoms with E-state index in [0.29, 0.717) is 5.39 Å². The van der Waals surface area contributed by atoms with Crippen LogP contribution in [0.5, 0.6) is 5.75 Å². The van der Waals surface area contributed by atoms with Crippen LogP contribution in [0.25, 0.3) is 38.3 Å². The number of methoxy groups -OCH3 is 1. The molecule has 0 bridgehead atoms. The highest BCUT2D eigenvalue weighted by Gasteiger charge is 2.16. The quantitative estimate of drug-likeness (QED) is 0.390. The minimum atomic E-state index is -0.0587. The number of fused-ring (bicyclic) bond motifs is 4. The summed E-state index contributed by atoms with van der Waals surface area (Å²) in [5.41, 5.74) is 4.74. The molecule has 2 heterocycles. The van der Waals surface area contributed by atoms with Crippen LogP contribution in [0, 0.1) is 13.8 Å². The van der Waals surface area contributed by atoms with E-state index in [9.17, 15) is 4.79 Å². The number of hydrogen-bond donors (Lipinski definition) is 0. The first-order valence-corrected chi connectivity index (χ1v) is 9.56. The van der Waals surface area contributed by atoms with Gasteiger partial charge in [0, 0.05) is 27.7 Å². The average molecular weight is 380 g/mol. The first kappa shape index (κ1) is 17.4. The van der Waals surface area contributed by atoms with Gasteiger partial charge in [0.25, 0.3) is 5.56 Å². The maximum Gasteiger partial charge on any atom is 0.263 e. The summed E-state index contributed by atoms with van der Waals surface area (Å²) in [7, 11) is 1.64. The molecule has 4 heteroatoms. The van der Waals surface area contributed by atoms with Crippen LogP contribution in [0.1, 0.15) is 11.1 Å². The number of rotatable bonds is 2. The van der Waals surface area contributed by atoms with Gasteiger partial charge in [-0.15, -0.1) is 0 Å². The molecule has 142 valence electrons. The van der Waals surface area contributed by atoms with Gasteiger partial charge >= 0.3 is 0 Å². The van der Waals surface area contributed by atoms with Gasteiger partial charge in [-0.3, -0.25) is 14.3 Å². The van der Waals surface area contributed by atoms with E-state index >= 15 is 0 Å². The van der Waals surface area contributed by atoms with Crippen LogP contribution in [-0.4, -0.2) is 16.7 Å². The van der Waals surface area contributed by atoms with Gasteiger partial charge in [-0.25, -0.2) is 0 Å². The van der Waals surface area contributed by atoms with Gasteiger partial charge in [0.05, 0.1) is 23.8 Å². The zero-order valence-electron chi connectivity index (χ0n) is 16.6. The summed E-state index contributed by atoms with van der Waals surface area (Å²) >= 11 is 0. The predicted molar refractivity (Wildman–Crippen MR) is 118 cm³/mol. The molecule has 5 aromatic rings. The van der Waals surface area contributed by atoms with Crippen molar-refractivity contribution in [3.05, 3.63) is 88.3 Å². The third kappa shape index (κ3) is 2.60. The van der Waals surface area contributed by atoms with Crippen molar-refractivity contribution in [2.24, 2.45) is 0 Å². The molecule has 0 amide bonds. The monoisotopic (exact) mass is 380 g/mol. The Bertz CT molecular complexity index is 1480. The first-order valence-electron chi connectivity index (χ1n) is 9.56. The van der Waals surface area contributed by atoms with E-state index in [1.807, 2.05) is 48.5 Å². The van der Waals surface area contributed by atoms with Gasteiger partial charge in [0.1, 0.15) is 5.75 Å². The molecule has 29 heavy (non-hydrogen) atoms. The maximum atomic E-state index is 13.7. The SMILES string of the molecule is COc1ccc2c(=O)n(-c3cccc4cccnc34)c3cc(C)c(C)cc3c2c1. The summed E-state index contributed by atoms with van der Waals surface area (Å²) in [4.78, 5) is 18.2. The van der Waals surface area contributed by atoms with E-state index in [1.165, 1.54) is 5.56 Å². The average Bonchev–Trinajstić information content (AvgIpc) is 2.75. The summed E-state index contributed by atoms with van der Waals surface area (Å²) in [6.07, 6.45) is 1.76. The lowest BCUT2D eigenvalue weighted by molar-refractivity contribution is 0.415. The Morgan fingerprint density at radius 1 is 0.862 bits per heavy atom. The molecule has 0 unspecified atom stereocenters. The van der Waals surface area contributed by atoms with Crippen molar-refractivity contribution in [1.82, 2.24) is 9.55 Å². The van der Waals surface area contributed by atoms with Crippen LogP contribution in [-0.2, 0) is 0 Å². The van der Waals surface area contributed by atoms with Gasteiger partial charge in [-0.1, -0.05) is 18.2 Å². The number of aryl methyl sites for hydroxylation is 2. The fraction of sp³-hybridized carbons (Fsp3) is 0.120. The molecular formula is C25H20N2O2. The Morgan fingerprint density at radius 2 is 1.66 bits per heavy atom. The Balaban J connectivity index is 2.04. The lowest BCUT2D eigenvalue weighted by Crippen LogP contribution is -2.20. The molecule has 4 nitrogen and oxygen atoms in total. The van der Waals surface area contributed by atoms with Crippen molar-refractivity contribution in [3.63, 3.8) is 0 Å². The number of pyridine rings is 2. The molecule has 0 atom stereocenters. The second kappa shape index (κ2) is 6.45. The van der Waals surface area contributed by atoms with Crippen LogP contribution in [0.15, 0.2) is 71.7 Å². The van der Waals surface area contributed by atoms with Crippen molar-refractivity contribution < 1.29 is 4.74 Å². The summed E-state index contributed by atoms with van der Waals surface area (Å²) in [6, 6.07) is 19.7. The van der Waals surface area contributed by atoms with E-state index in [-0.39, 0.29) is 5.56 Å². The van der Waals surface area contributed by atoms with Crippen molar-refractivity contribution in [3.8, 4) is 11.4 Å². The number of para-hydroxylation sites is 1. The summed E-state index contributed by atoms with van der Waals surface area (Å²) in [6.45, 7) is 4.16. The topological polar surface area (TPSA) is 44.1 Å². The van der Waals surface area contributed by atoms with Crippen LogP contribution in [0.2, 0.25) is 0 Å². The van der Waals surface area contributed by atoms with Crippen molar-refractivity contribution >= 4 is 32.6 Å². The standard InChI is InChI=1S/C25H20N2O2/c1-15-12-21-20-14-18(29-3)9-10-19(20)25(28)27(23(21)13-16(15)2)22-8-4-6-17-7-5-11-26-24(17)22/h4-14H,1-3H3. The number of benzene rings is 3.